The number of rotatable bonds is 7. The van der Waals surface area contributed by atoms with Crippen LogP contribution >= 0.6 is 0 Å². The Bertz CT molecular complexity index is 92.2. The molecule has 0 nitrogen and oxygen atoms in total. The fraction of sp³-hybridized carbons (Fsp3) is 0.833. The molecule has 0 aliphatic heterocycles. The Balaban J connectivity index is 1.70. The van der Waals surface area contributed by atoms with Crippen molar-refractivity contribution in [3.8, 4) is 0 Å². The second kappa shape index (κ2) is 6.51. The molecule has 0 heterocycles. The number of unbranched alkanes of at least 4 members (excludes halogenated alkanes) is 5. The van der Waals surface area contributed by atoms with E-state index >= 15 is 0 Å². The Hall–Kier alpha value is 0. The molecule has 0 aromatic heterocycles. The minimum Gasteiger partial charge on any atom is -0.0533 e. The van der Waals surface area contributed by atoms with E-state index in [4.69, 9.17) is 0 Å². The third-order valence-electron chi connectivity index (χ3n) is 2.84. The summed E-state index contributed by atoms with van der Waals surface area (Å²) in [5.41, 5.74) is 0. The van der Waals surface area contributed by atoms with Gasteiger partial charge in [0.05, 0.1) is 0 Å². The van der Waals surface area contributed by atoms with Crippen LogP contribution in [0.4, 0.5) is 0 Å². The Kier molecular flexibility index (Phi) is 5.47. The van der Waals surface area contributed by atoms with Crippen molar-refractivity contribution in [2.75, 3.05) is 0 Å². The van der Waals surface area contributed by atoms with Gasteiger partial charge in [-0.15, -0.1) is 0 Å². The minimum atomic E-state index is 1.12. The van der Waals surface area contributed by atoms with E-state index < -0.39 is 0 Å². The van der Waals surface area contributed by atoms with E-state index in [2.05, 4.69) is 6.92 Å². The van der Waals surface area contributed by atoms with Crippen molar-refractivity contribution in [3.63, 3.8) is 0 Å². The van der Waals surface area contributed by atoms with Gasteiger partial charge in [0.15, 0.2) is 0 Å². The molecule has 70 valence electrons. The molecule has 12 heavy (non-hydrogen) atoms. The highest BCUT2D eigenvalue weighted by molar-refractivity contribution is 4.97. The zero-order chi connectivity index (χ0) is 8.65. The Labute approximate surface area is 77.7 Å². The summed E-state index contributed by atoms with van der Waals surface area (Å²) in [6, 6.07) is 0. The summed E-state index contributed by atoms with van der Waals surface area (Å²) >= 11 is 0. The topological polar surface area (TPSA) is 0 Å². The quantitative estimate of drug-likeness (QED) is 0.494. The Morgan fingerprint density at radius 1 is 0.917 bits per heavy atom. The van der Waals surface area contributed by atoms with Gasteiger partial charge in [0.2, 0.25) is 0 Å². The minimum absolute atomic E-state index is 1.12. The maximum absolute atomic E-state index is 3.85. The van der Waals surface area contributed by atoms with Gasteiger partial charge < -0.3 is 0 Å². The highest BCUT2D eigenvalue weighted by Gasteiger charge is 2.16. The lowest BCUT2D eigenvalue weighted by Crippen LogP contribution is -2.07. The monoisotopic (exact) mass is 166 g/mol. The first-order valence-electron chi connectivity index (χ1n) is 5.56. The molecule has 1 aliphatic carbocycles. The van der Waals surface area contributed by atoms with Gasteiger partial charge in [0.25, 0.3) is 0 Å². The van der Waals surface area contributed by atoms with Crippen molar-refractivity contribution in [2.45, 2.75) is 64.2 Å². The van der Waals surface area contributed by atoms with Crippen molar-refractivity contribution in [2.24, 2.45) is 0 Å². The smallest absolute Gasteiger partial charge is 0.0241 e. The van der Waals surface area contributed by atoms with Crippen LogP contribution in [0.3, 0.4) is 0 Å². The van der Waals surface area contributed by atoms with Gasteiger partial charge in [-0.05, 0) is 25.2 Å². The van der Waals surface area contributed by atoms with Gasteiger partial charge >= 0.3 is 0 Å². The lowest BCUT2D eigenvalue weighted by atomic mass is 9.81. The summed E-state index contributed by atoms with van der Waals surface area (Å²) in [6.45, 7) is 3.85. The van der Waals surface area contributed by atoms with Crippen molar-refractivity contribution >= 4 is 0 Å². The van der Waals surface area contributed by atoms with Crippen LogP contribution in [0.2, 0.25) is 0 Å². The largest absolute Gasteiger partial charge is 0.0533 e. The molecule has 1 saturated carbocycles. The molecule has 0 spiro atoms. The SMILES string of the molecule is [CH2]CCCCCCC[C]1CCC1. The molecule has 1 aliphatic rings. The van der Waals surface area contributed by atoms with Gasteiger partial charge in [0.1, 0.15) is 0 Å². The van der Waals surface area contributed by atoms with Gasteiger partial charge in [-0.1, -0.05) is 51.9 Å². The molecule has 2 radical (unpaired) electrons. The first-order chi connectivity index (χ1) is 5.93. The number of hydrogen-bond donors (Lipinski definition) is 0. The lowest BCUT2D eigenvalue weighted by Gasteiger charge is -2.24. The summed E-state index contributed by atoms with van der Waals surface area (Å²) in [6.07, 6.45) is 14.0. The average molecular weight is 166 g/mol. The fourth-order valence-electron chi connectivity index (χ4n) is 1.76. The maximum Gasteiger partial charge on any atom is -0.0241 e. The normalized spacial score (nSPS) is 17.8. The summed E-state index contributed by atoms with van der Waals surface area (Å²) in [5, 5.41) is 0. The van der Waals surface area contributed by atoms with E-state index in [1.807, 2.05) is 5.92 Å². The summed E-state index contributed by atoms with van der Waals surface area (Å²) in [7, 11) is 0. The molecular weight excluding hydrogens is 144 g/mol. The van der Waals surface area contributed by atoms with Crippen LogP contribution in [-0.4, -0.2) is 0 Å². The van der Waals surface area contributed by atoms with Crippen LogP contribution in [0.15, 0.2) is 0 Å². The molecule has 1 rings (SSSR count). The first kappa shape index (κ1) is 10.1. The van der Waals surface area contributed by atoms with E-state index in [0.717, 1.165) is 6.42 Å². The standard InChI is InChI=1S/C12H22/c1-2-3-4-5-6-7-9-12-10-8-11-12/h1-11H2. The van der Waals surface area contributed by atoms with E-state index in [0.29, 0.717) is 0 Å². The van der Waals surface area contributed by atoms with Crippen LogP contribution in [0.1, 0.15) is 64.2 Å². The number of hydrogen-bond acceptors (Lipinski definition) is 0. The van der Waals surface area contributed by atoms with Crippen molar-refractivity contribution < 1.29 is 0 Å². The van der Waals surface area contributed by atoms with Crippen LogP contribution in [-0.2, 0) is 0 Å². The van der Waals surface area contributed by atoms with E-state index in [1.54, 1.807) is 0 Å². The first-order valence-corrected chi connectivity index (χ1v) is 5.56. The zero-order valence-electron chi connectivity index (χ0n) is 8.28. The summed E-state index contributed by atoms with van der Waals surface area (Å²) < 4.78 is 0. The highest BCUT2D eigenvalue weighted by Crippen LogP contribution is 2.33. The van der Waals surface area contributed by atoms with Crippen LogP contribution < -0.4 is 0 Å². The van der Waals surface area contributed by atoms with Gasteiger partial charge in [0, 0.05) is 0 Å². The molecule has 0 heteroatoms. The molecule has 0 bridgehead atoms. The third-order valence-corrected chi connectivity index (χ3v) is 2.84. The van der Waals surface area contributed by atoms with E-state index in [1.165, 1.54) is 57.8 Å². The molecule has 1 fully saturated rings. The second-order valence-corrected chi connectivity index (χ2v) is 3.97. The van der Waals surface area contributed by atoms with E-state index in [-0.39, 0.29) is 0 Å². The molecule has 0 amide bonds. The predicted octanol–water partition coefficient (Wildman–Crippen LogP) is 4.31. The maximum atomic E-state index is 3.85. The van der Waals surface area contributed by atoms with Crippen molar-refractivity contribution in [1.29, 1.82) is 0 Å². The second-order valence-electron chi connectivity index (χ2n) is 3.97. The third kappa shape index (κ3) is 4.13. The summed E-state index contributed by atoms with van der Waals surface area (Å²) in [4.78, 5) is 0. The predicted molar refractivity (Wildman–Crippen MR) is 54.8 cm³/mol. The molecule has 0 atom stereocenters. The van der Waals surface area contributed by atoms with Crippen LogP contribution in [0, 0.1) is 12.8 Å². The highest BCUT2D eigenvalue weighted by atomic mass is 14.2. The average Bonchev–Trinajstić information content (AvgIpc) is 2.00. The molecule has 0 unspecified atom stereocenters. The van der Waals surface area contributed by atoms with Crippen LogP contribution in [0.5, 0.6) is 0 Å². The van der Waals surface area contributed by atoms with Gasteiger partial charge in [-0.25, -0.2) is 0 Å². The molecule has 0 saturated heterocycles. The van der Waals surface area contributed by atoms with Crippen molar-refractivity contribution in [1.82, 2.24) is 0 Å². The summed E-state index contributed by atoms with van der Waals surface area (Å²) in [5.74, 6) is 1.84. The molecular formula is C12H22. The molecule has 0 aromatic carbocycles. The molecule has 0 N–H and O–H groups in total. The zero-order valence-corrected chi connectivity index (χ0v) is 8.28. The van der Waals surface area contributed by atoms with Gasteiger partial charge in [-0.3, -0.25) is 0 Å². The van der Waals surface area contributed by atoms with Crippen LogP contribution in [0.25, 0.3) is 0 Å². The molecule has 0 aromatic rings. The van der Waals surface area contributed by atoms with Crippen molar-refractivity contribution in [3.05, 3.63) is 12.8 Å². The Morgan fingerprint density at radius 2 is 1.58 bits per heavy atom. The lowest BCUT2D eigenvalue weighted by molar-refractivity contribution is 0.480. The Morgan fingerprint density at radius 3 is 2.17 bits per heavy atom. The fourth-order valence-corrected chi connectivity index (χ4v) is 1.76. The van der Waals surface area contributed by atoms with E-state index in [9.17, 15) is 0 Å². The van der Waals surface area contributed by atoms with Gasteiger partial charge in [-0.2, -0.15) is 0 Å².